The first kappa shape index (κ1) is 14.3. The van der Waals surface area contributed by atoms with Gasteiger partial charge in [0.25, 0.3) is 0 Å². The Hall–Kier alpha value is -2.10. The van der Waals surface area contributed by atoms with Crippen molar-refractivity contribution in [2.24, 2.45) is 5.92 Å². The summed E-state index contributed by atoms with van der Waals surface area (Å²) in [4.78, 5) is 16.2. The molecular weight excluding hydrogens is 252 g/mol. The van der Waals surface area contributed by atoms with E-state index in [-0.39, 0.29) is 12.3 Å². The van der Waals surface area contributed by atoms with E-state index in [1.165, 1.54) is 0 Å². The molecule has 1 aromatic carbocycles. The summed E-state index contributed by atoms with van der Waals surface area (Å²) in [5, 5.41) is 2.89. The molecule has 0 aliphatic rings. The SMILES string of the molecule is Cc1oc(-c2ccccc2)nc1CC(=O)NCC(C)C. The summed E-state index contributed by atoms with van der Waals surface area (Å²) in [7, 11) is 0. The standard InChI is InChI=1S/C16H20N2O2/c1-11(2)10-17-15(19)9-14-12(3)20-16(18-14)13-7-5-4-6-8-13/h4-8,11H,9-10H2,1-3H3,(H,17,19). The van der Waals surface area contributed by atoms with Crippen LogP contribution in [0.4, 0.5) is 0 Å². The third-order valence-electron chi connectivity index (χ3n) is 2.95. The topological polar surface area (TPSA) is 55.1 Å². The number of oxazole rings is 1. The number of aryl methyl sites for hydroxylation is 1. The summed E-state index contributed by atoms with van der Waals surface area (Å²) >= 11 is 0. The molecular formula is C16H20N2O2. The lowest BCUT2D eigenvalue weighted by Crippen LogP contribution is -2.28. The Morgan fingerprint density at radius 1 is 1.30 bits per heavy atom. The van der Waals surface area contributed by atoms with E-state index in [0.29, 0.717) is 29.8 Å². The van der Waals surface area contributed by atoms with Crippen molar-refractivity contribution in [3.05, 3.63) is 41.8 Å². The molecule has 106 valence electrons. The Bertz CT molecular complexity index is 573. The van der Waals surface area contributed by atoms with E-state index >= 15 is 0 Å². The first-order chi connectivity index (χ1) is 9.56. The Labute approximate surface area is 119 Å². The molecule has 4 heteroatoms. The van der Waals surface area contributed by atoms with Crippen molar-refractivity contribution in [3.8, 4) is 11.5 Å². The number of amides is 1. The first-order valence-corrected chi connectivity index (χ1v) is 6.84. The molecule has 4 nitrogen and oxygen atoms in total. The number of carbonyl (C=O) groups excluding carboxylic acids is 1. The van der Waals surface area contributed by atoms with Crippen molar-refractivity contribution in [1.82, 2.24) is 10.3 Å². The fourth-order valence-corrected chi connectivity index (χ4v) is 1.83. The van der Waals surface area contributed by atoms with Gasteiger partial charge in [-0.1, -0.05) is 32.0 Å². The van der Waals surface area contributed by atoms with Gasteiger partial charge in [0.2, 0.25) is 11.8 Å². The summed E-state index contributed by atoms with van der Waals surface area (Å²) < 4.78 is 5.64. The third-order valence-corrected chi connectivity index (χ3v) is 2.95. The van der Waals surface area contributed by atoms with Gasteiger partial charge in [-0.25, -0.2) is 4.98 Å². The zero-order chi connectivity index (χ0) is 14.5. The summed E-state index contributed by atoms with van der Waals surface area (Å²) in [6.07, 6.45) is 0.259. The molecule has 0 aliphatic heterocycles. The van der Waals surface area contributed by atoms with Crippen LogP contribution in [0, 0.1) is 12.8 Å². The van der Waals surface area contributed by atoms with Crippen molar-refractivity contribution >= 4 is 5.91 Å². The molecule has 0 aliphatic carbocycles. The van der Waals surface area contributed by atoms with Crippen LogP contribution in [-0.4, -0.2) is 17.4 Å². The normalized spacial score (nSPS) is 10.8. The van der Waals surface area contributed by atoms with Gasteiger partial charge in [-0.15, -0.1) is 0 Å². The lowest BCUT2D eigenvalue weighted by atomic mass is 10.2. The van der Waals surface area contributed by atoms with Crippen LogP contribution in [0.1, 0.15) is 25.3 Å². The largest absolute Gasteiger partial charge is 0.441 e. The van der Waals surface area contributed by atoms with Gasteiger partial charge in [0.15, 0.2) is 0 Å². The molecule has 1 aromatic heterocycles. The van der Waals surface area contributed by atoms with Crippen LogP contribution in [-0.2, 0) is 11.2 Å². The fourth-order valence-electron chi connectivity index (χ4n) is 1.83. The number of nitrogens with zero attached hydrogens (tertiary/aromatic N) is 1. The third kappa shape index (κ3) is 3.70. The van der Waals surface area contributed by atoms with Gasteiger partial charge in [-0.2, -0.15) is 0 Å². The Kier molecular flexibility index (Phi) is 4.56. The molecule has 0 saturated carbocycles. The molecule has 1 N–H and O–H groups in total. The average Bonchev–Trinajstić information content (AvgIpc) is 2.79. The Balaban J connectivity index is 2.07. The maximum Gasteiger partial charge on any atom is 0.226 e. The molecule has 0 unspecified atom stereocenters. The highest BCUT2D eigenvalue weighted by Crippen LogP contribution is 2.21. The molecule has 0 radical (unpaired) electrons. The number of hydrogen-bond acceptors (Lipinski definition) is 3. The number of carbonyl (C=O) groups is 1. The van der Waals surface area contributed by atoms with E-state index in [1.807, 2.05) is 37.3 Å². The van der Waals surface area contributed by atoms with E-state index in [1.54, 1.807) is 0 Å². The lowest BCUT2D eigenvalue weighted by Gasteiger charge is -2.06. The van der Waals surface area contributed by atoms with E-state index in [2.05, 4.69) is 24.1 Å². The molecule has 1 heterocycles. The predicted molar refractivity (Wildman–Crippen MR) is 78.2 cm³/mol. The predicted octanol–water partition coefficient (Wildman–Crippen LogP) is 2.96. The van der Waals surface area contributed by atoms with Gasteiger partial charge >= 0.3 is 0 Å². The van der Waals surface area contributed by atoms with Crippen LogP contribution in [0.2, 0.25) is 0 Å². The zero-order valence-corrected chi connectivity index (χ0v) is 12.1. The monoisotopic (exact) mass is 272 g/mol. The quantitative estimate of drug-likeness (QED) is 0.910. The molecule has 1 amide bonds. The van der Waals surface area contributed by atoms with Gasteiger partial charge in [0, 0.05) is 12.1 Å². The second-order valence-corrected chi connectivity index (χ2v) is 5.26. The van der Waals surface area contributed by atoms with E-state index in [4.69, 9.17) is 4.42 Å². The van der Waals surface area contributed by atoms with Gasteiger partial charge in [0.05, 0.1) is 12.1 Å². The van der Waals surface area contributed by atoms with Gasteiger partial charge in [-0.05, 0) is 25.0 Å². The molecule has 0 spiro atoms. The second kappa shape index (κ2) is 6.37. The highest BCUT2D eigenvalue weighted by molar-refractivity contribution is 5.78. The van der Waals surface area contributed by atoms with Crippen molar-refractivity contribution in [3.63, 3.8) is 0 Å². The number of hydrogen-bond donors (Lipinski definition) is 1. The van der Waals surface area contributed by atoms with Gasteiger partial charge in [-0.3, -0.25) is 4.79 Å². The van der Waals surface area contributed by atoms with Crippen LogP contribution in [0.25, 0.3) is 11.5 Å². The number of benzene rings is 1. The van der Waals surface area contributed by atoms with Crippen LogP contribution in [0.5, 0.6) is 0 Å². The van der Waals surface area contributed by atoms with E-state index < -0.39 is 0 Å². The smallest absolute Gasteiger partial charge is 0.226 e. The highest BCUT2D eigenvalue weighted by Gasteiger charge is 2.14. The lowest BCUT2D eigenvalue weighted by molar-refractivity contribution is -0.120. The van der Waals surface area contributed by atoms with Crippen LogP contribution in [0.15, 0.2) is 34.7 Å². The summed E-state index contributed by atoms with van der Waals surface area (Å²) in [5.41, 5.74) is 1.62. The summed E-state index contributed by atoms with van der Waals surface area (Å²) in [5.74, 6) is 1.69. The zero-order valence-electron chi connectivity index (χ0n) is 12.1. The molecule has 0 saturated heterocycles. The minimum absolute atomic E-state index is 0.0188. The van der Waals surface area contributed by atoms with E-state index in [0.717, 1.165) is 5.56 Å². The van der Waals surface area contributed by atoms with Crippen LogP contribution >= 0.6 is 0 Å². The maximum atomic E-state index is 11.8. The van der Waals surface area contributed by atoms with Crippen molar-refractivity contribution < 1.29 is 9.21 Å². The first-order valence-electron chi connectivity index (χ1n) is 6.84. The molecule has 0 fully saturated rings. The van der Waals surface area contributed by atoms with E-state index in [9.17, 15) is 4.79 Å². The molecule has 0 atom stereocenters. The molecule has 2 rings (SSSR count). The number of nitrogens with one attached hydrogen (secondary N) is 1. The molecule has 20 heavy (non-hydrogen) atoms. The van der Waals surface area contributed by atoms with Crippen molar-refractivity contribution in [2.75, 3.05) is 6.54 Å². The summed E-state index contributed by atoms with van der Waals surface area (Å²) in [6.45, 7) is 6.65. The van der Waals surface area contributed by atoms with Crippen LogP contribution < -0.4 is 5.32 Å². The number of aromatic nitrogens is 1. The van der Waals surface area contributed by atoms with Crippen LogP contribution in [0.3, 0.4) is 0 Å². The molecule has 2 aromatic rings. The minimum atomic E-state index is -0.0188. The Morgan fingerprint density at radius 3 is 2.65 bits per heavy atom. The Morgan fingerprint density at radius 2 is 2.00 bits per heavy atom. The van der Waals surface area contributed by atoms with Crippen molar-refractivity contribution in [1.29, 1.82) is 0 Å². The highest BCUT2D eigenvalue weighted by atomic mass is 16.4. The van der Waals surface area contributed by atoms with Crippen molar-refractivity contribution in [2.45, 2.75) is 27.2 Å². The summed E-state index contributed by atoms with van der Waals surface area (Å²) in [6, 6.07) is 9.69. The van der Waals surface area contributed by atoms with Gasteiger partial charge < -0.3 is 9.73 Å². The van der Waals surface area contributed by atoms with Gasteiger partial charge in [0.1, 0.15) is 5.76 Å². The number of rotatable bonds is 5. The fraction of sp³-hybridized carbons (Fsp3) is 0.375. The average molecular weight is 272 g/mol. The minimum Gasteiger partial charge on any atom is -0.441 e. The maximum absolute atomic E-state index is 11.8. The molecule has 0 bridgehead atoms. The second-order valence-electron chi connectivity index (χ2n) is 5.26.